The zero-order chi connectivity index (χ0) is 12.7. The molecule has 100 valence electrons. The monoisotopic (exact) mass is 256 g/mol. The highest BCUT2D eigenvalue weighted by Gasteiger charge is 2.29. The average molecular weight is 256 g/mol. The first-order chi connectivity index (χ1) is 9.43. The van der Waals surface area contributed by atoms with E-state index in [9.17, 15) is 0 Å². The lowest BCUT2D eigenvalue weighted by molar-refractivity contribution is 0.300. The van der Waals surface area contributed by atoms with Crippen LogP contribution < -0.4 is 5.32 Å². The van der Waals surface area contributed by atoms with Gasteiger partial charge in [-0.05, 0) is 57.3 Å². The fourth-order valence-corrected chi connectivity index (χ4v) is 3.32. The minimum atomic E-state index is 0.607. The summed E-state index contributed by atoms with van der Waals surface area (Å²) in [5.41, 5.74) is 2.17. The molecule has 0 atom stereocenters. The second-order valence-electron chi connectivity index (χ2n) is 5.80. The van der Waals surface area contributed by atoms with Crippen molar-refractivity contribution in [3.05, 3.63) is 24.2 Å². The third-order valence-corrected chi connectivity index (χ3v) is 4.62. The number of pyridine rings is 1. The number of hydrogen-bond acceptors (Lipinski definition) is 3. The summed E-state index contributed by atoms with van der Waals surface area (Å²) in [4.78, 5) is 9.50. The van der Waals surface area contributed by atoms with Crippen LogP contribution >= 0.6 is 0 Å². The zero-order valence-corrected chi connectivity index (χ0v) is 11.2. The topological polar surface area (TPSA) is 42.7 Å². The zero-order valence-electron chi connectivity index (χ0n) is 11.2. The highest BCUT2D eigenvalue weighted by Crippen LogP contribution is 2.38. The number of nitrogens with one attached hydrogen (secondary N) is 1. The molecule has 2 fully saturated rings. The van der Waals surface area contributed by atoms with Gasteiger partial charge in [-0.2, -0.15) is 0 Å². The Bertz CT molecular complexity index is 579. The van der Waals surface area contributed by atoms with E-state index in [1.54, 1.807) is 0 Å². The normalized spacial score (nSPS) is 21.7. The van der Waals surface area contributed by atoms with Crippen molar-refractivity contribution < 1.29 is 0 Å². The molecule has 0 amide bonds. The van der Waals surface area contributed by atoms with Gasteiger partial charge < -0.3 is 9.88 Å². The first-order valence-electron chi connectivity index (χ1n) is 7.47. The maximum absolute atomic E-state index is 4.91. The van der Waals surface area contributed by atoms with Crippen molar-refractivity contribution in [1.82, 2.24) is 19.9 Å². The van der Waals surface area contributed by atoms with Crippen molar-refractivity contribution in [2.75, 3.05) is 13.1 Å². The van der Waals surface area contributed by atoms with Gasteiger partial charge in [0.2, 0.25) is 0 Å². The maximum Gasteiger partial charge on any atom is 0.160 e. The molecule has 4 nitrogen and oxygen atoms in total. The predicted molar refractivity (Wildman–Crippen MR) is 75.3 cm³/mol. The largest absolute Gasteiger partial charge is 0.317 e. The Kier molecular flexibility index (Phi) is 2.76. The molecule has 0 aromatic carbocycles. The molecular weight excluding hydrogens is 236 g/mol. The van der Waals surface area contributed by atoms with Crippen LogP contribution in [0.5, 0.6) is 0 Å². The first kappa shape index (κ1) is 11.4. The van der Waals surface area contributed by atoms with Crippen LogP contribution in [-0.4, -0.2) is 27.6 Å². The van der Waals surface area contributed by atoms with Crippen molar-refractivity contribution in [2.45, 2.75) is 44.1 Å². The number of fused-ring (bicyclic) bond motifs is 1. The van der Waals surface area contributed by atoms with E-state index in [-0.39, 0.29) is 0 Å². The Morgan fingerprint density at radius 3 is 2.74 bits per heavy atom. The van der Waals surface area contributed by atoms with Crippen molar-refractivity contribution in [2.24, 2.45) is 0 Å². The smallest absolute Gasteiger partial charge is 0.160 e. The van der Waals surface area contributed by atoms with Gasteiger partial charge in [-0.3, -0.25) is 0 Å². The highest BCUT2D eigenvalue weighted by molar-refractivity contribution is 5.71. The van der Waals surface area contributed by atoms with Crippen LogP contribution in [0.2, 0.25) is 0 Å². The number of imidazole rings is 1. The summed E-state index contributed by atoms with van der Waals surface area (Å²) in [6.45, 7) is 2.23. The van der Waals surface area contributed by atoms with Crippen LogP contribution in [0.15, 0.2) is 18.3 Å². The highest BCUT2D eigenvalue weighted by atomic mass is 15.2. The molecule has 4 rings (SSSR count). The molecule has 1 saturated carbocycles. The molecule has 19 heavy (non-hydrogen) atoms. The Labute approximate surface area is 113 Å². The average Bonchev–Trinajstić information content (AvgIpc) is 2.78. The third kappa shape index (κ3) is 1.86. The number of rotatable bonds is 2. The molecule has 1 aliphatic carbocycles. The molecule has 2 aromatic heterocycles. The van der Waals surface area contributed by atoms with E-state index in [2.05, 4.69) is 20.9 Å². The van der Waals surface area contributed by atoms with Gasteiger partial charge in [-0.1, -0.05) is 0 Å². The van der Waals surface area contributed by atoms with Gasteiger partial charge in [-0.15, -0.1) is 0 Å². The molecule has 0 unspecified atom stereocenters. The van der Waals surface area contributed by atoms with Gasteiger partial charge in [0, 0.05) is 18.2 Å². The molecule has 2 aliphatic rings. The lowest BCUT2D eigenvalue weighted by atomic mass is 9.91. The van der Waals surface area contributed by atoms with Crippen LogP contribution in [0, 0.1) is 0 Å². The molecule has 0 spiro atoms. The van der Waals surface area contributed by atoms with Crippen molar-refractivity contribution in [3.63, 3.8) is 0 Å². The molecule has 1 saturated heterocycles. The summed E-state index contributed by atoms with van der Waals surface area (Å²) in [6.07, 6.45) is 8.24. The van der Waals surface area contributed by atoms with Crippen molar-refractivity contribution >= 4 is 11.2 Å². The van der Waals surface area contributed by atoms with Crippen LogP contribution in [0.1, 0.15) is 49.9 Å². The van der Waals surface area contributed by atoms with E-state index in [1.807, 2.05) is 12.3 Å². The standard InChI is InChI=1S/C15H20N4/c1-3-12(4-1)19-14(11-6-9-16-10-7-11)18-13-5-2-8-17-15(13)19/h2,5,8,11-12,16H,1,3-4,6-7,9-10H2. The molecule has 1 aliphatic heterocycles. The van der Waals surface area contributed by atoms with Gasteiger partial charge in [0.05, 0.1) is 0 Å². The van der Waals surface area contributed by atoms with Gasteiger partial charge in [0.25, 0.3) is 0 Å². The Hall–Kier alpha value is -1.42. The number of hydrogen-bond donors (Lipinski definition) is 1. The quantitative estimate of drug-likeness (QED) is 0.898. The fraction of sp³-hybridized carbons (Fsp3) is 0.600. The Balaban J connectivity index is 1.83. The summed E-state index contributed by atoms with van der Waals surface area (Å²) in [7, 11) is 0. The van der Waals surface area contributed by atoms with E-state index in [1.165, 1.54) is 37.9 Å². The number of aromatic nitrogens is 3. The van der Waals surface area contributed by atoms with Crippen LogP contribution in [-0.2, 0) is 0 Å². The summed E-state index contributed by atoms with van der Waals surface area (Å²) in [5, 5.41) is 3.44. The van der Waals surface area contributed by atoms with Crippen molar-refractivity contribution in [1.29, 1.82) is 0 Å². The molecular formula is C15H20N4. The minimum Gasteiger partial charge on any atom is -0.317 e. The molecule has 0 bridgehead atoms. The maximum atomic E-state index is 4.91. The Morgan fingerprint density at radius 2 is 2.00 bits per heavy atom. The summed E-state index contributed by atoms with van der Waals surface area (Å²) >= 11 is 0. The second-order valence-corrected chi connectivity index (χ2v) is 5.80. The van der Waals surface area contributed by atoms with E-state index < -0.39 is 0 Å². The first-order valence-corrected chi connectivity index (χ1v) is 7.47. The summed E-state index contributed by atoms with van der Waals surface area (Å²) in [5.74, 6) is 1.90. The van der Waals surface area contributed by atoms with Crippen LogP contribution in [0.3, 0.4) is 0 Å². The van der Waals surface area contributed by atoms with E-state index in [4.69, 9.17) is 4.98 Å². The molecule has 2 aromatic rings. The molecule has 1 N–H and O–H groups in total. The van der Waals surface area contributed by atoms with Gasteiger partial charge in [0.15, 0.2) is 5.65 Å². The second kappa shape index (κ2) is 4.60. The van der Waals surface area contributed by atoms with E-state index >= 15 is 0 Å². The number of piperidine rings is 1. The third-order valence-electron chi connectivity index (χ3n) is 4.62. The van der Waals surface area contributed by atoms with Gasteiger partial charge >= 0.3 is 0 Å². The molecule has 3 heterocycles. The van der Waals surface area contributed by atoms with Crippen LogP contribution in [0.25, 0.3) is 11.2 Å². The molecule has 4 heteroatoms. The van der Waals surface area contributed by atoms with Crippen molar-refractivity contribution in [3.8, 4) is 0 Å². The minimum absolute atomic E-state index is 0.607. The van der Waals surface area contributed by atoms with Crippen LogP contribution in [0.4, 0.5) is 0 Å². The molecule has 0 radical (unpaired) electrons. The lowest BCUT2D eigenvalue weighted by Gasteiger charge is -2.31. The predicted octanol–water partition coefficient (Wildman–Crippen LogP) is 2.62. The van der Waals surface area contributed by atoms with Gasteiger partial charge in [-0.25, -0.2) is 9.97 Å². The number of nitrogens with zero attached hydrogens (tertiary/aromatic N) is 3. The van der Waals surface area contributed by atoms with E-state index in [0.29, 0.717) is 12.0 Å². The SMILES string of the molecule is c1cnc2c(c1)nc(C1CCNCC1)n2C1CCC1. The van der Waals surface area contributed by atoms with E-state index in [0.717, 1.165) is 24.3 Å². The summed E-state index contributed by atoms with van der Waals surface area (Å²) < 4.78 is 2.45. The Morgan fingerprint density at radius 1 is 1.16 bits per heavy atom. The summed E-state index contributed by atoms with van der Waals surface area (Å²) in [6, 6.07) is 4.74. The lowest BCUT2D eigenvalue weighted by Crippen LogP contribution is -2.29. The van der Waals surface area contributed by atoms with Gasteiger partial charge in [0.1, 0.15) is 11.3 Å². The fourth-order valence-electron chi connectivity index (χ4n) is 3.32.